The number of rotatable bonds is 4. The molecule has 1 amide bonds. The van der Waals surface area contributed by atoms with E-state index in [4.69, 9.17) is 27.6 Å². The van der Waals surface area contributed by atoms with Gasteiger partial charge >= 0.3 is 0 Å². The summed E-state index contributed by atoms with van der Waals surface area (Å²) in [6.45, 7) is 1.90. The summed E-state index contributed by atoms with van der Waals surface area (Å²) in [6, 6.07) is 14.3. The monoisotopic (exact) mass is 427 g/mol. The Kier molecular flexibility index (Phi) is 4.94. The van der Waals surface area contributed by atoms with Crippen LogP contribution in [0.5, 0.6) is 0 Å². The predicted octanol–water partition coefficient (Wildman–Crippen LogP) is 5.68. The minimum absolute atomic E-state index is 0.0352. The minimum atomic E-state index is -0.850. The van der Waals surface area contributed by atoms with E-state index in [1.54, 1.807) is 24.3 Å². The number of aryl methyl sites for hydroxylation is 1. The van der Waals surface area contributed by atoms with Crippen molar-refractivity contribution in [3.63, 3.8) is 0 Å². The first-order valence-corrected chi connectivity index (χ1v) is 9.50. The number of carbonyl (C=O) groups excluding carboxylic acids is 2. The van der Waals surface area contributed by atoms with Gasteiger partial charge in [0.1, 0.15) is 0 Å². The molecule has 0 bridgehead atoms. The Hall–Kier alpha value is -3.02. The van der Waals surface area contributed by atoms with Gasteiger partial charge < -0.3 is 9.52 Å². The van der Waals surface area contributed by atoms with Gasteiger partial charge in [-0.2, -0.15) is 0 Å². The van der Waals surface area contributed by atoms with Gasteiger partial charge in [0.25, 0.3) is 5.91 Å². The van der Waals surface area contributed by atoms with Crippen LogP contribution in [0.25, 0.3) is 0 Å². The maximum absolute atomic E-state index is 13.1. The summed E-state index contributed by atoms with van der Waals surface area (Å²) in [6.07, 6.45) is 1.36. The van der Waals surface area contributed by atoms with Crippen LogP contribution in [0.1, 0.15) is 27.7 Å². The number of amides is 1. The summed E-state index contributed by atoms with van der Waals surface area (Å²) < 4.78 is 5.21. The molecule has 1 aliphatic rings. The molecule has 0 saturated carbocycles. The number of anilines is 1. The van der Waals surface area contributed by atoms with Crippen molar-refractivity contribution < 1.29 is 19.1 Å². The third-order valence-electron chi connectivity index (χ3n) is 4.74. The number of furan rings is 1. The van der Waals surface area contributed by atoms with Crippen LogP contribution in [0.2, 0.25) is 10.0 Å². The van der Waals surface area contributed by atoms with Gasteiger partial charge in [-0.15, -0.1) is 0 Å². The highest BCUT2D eigenvalue weighted by Gasteiger charge is 2.45. The van der Waals surface area contributed by atoms with Crippen LogP contribution in [-0.4, -0.2) is 16.8 Å². The van der Waals surface area contributed by atoms with E-state index < -0.39 is 23.5 Å². The zero-order chi connectivity index (χ0) is 20.7. The molecule has 1 atom stereocenters. The second kappa shape index (κ2) is 7.43. The number of Topliss-reactive ketones (excluding diaryl/α,β-unsaturated/α-hetero) is 1. The van der Waals surface area contributed by atoms with Crippen LogP contribution in [0.4, 0.5) is 5.69 Å². The summed E-state index contributed by atoms with van der Waals surface area (Å²) in [5, 5.41) is 11.2. The molecule has 5 nitrogen and oxygen atoms in total. The molecule has 0 radical (unpaired) electrons. The van der Waals surface area contributed by atoms with E-state index >= 15 is 0 Å². The summed E-state index contributed by atoms with van der Waals surface area (Å²) in [7, 11) is 0. The number of carbonyl (C=O) groups is 2. The van der Waals surface area contributed by atoms with Crippen molar-refractivity contribution in [3.05, 3.63) is 99.1 Å². The van der Waals surface area contributed by atoms with Gasteiger partial charge in [0.2, 0.25) is 5.78 Å². The van der Waals surface area contributed by atoms with Crippen LogP contribution >= 0.6 is 23.2 Å². The summed E-state index contributed by atoms with van der Waals surface area (Å²) in [5.74, 6) is -1.85. The van der Waals surface area contributed by atoms with Gasteiger partial charge in [0.15, 0.2) is 11.5 Å². The second-order valence-corrected chi connectivity index (χ2v) is 7.47. The van der Waals surface area contributed by atoms with Crippen molar-refractivity contribution in [2.45, 2.75) is 13.0 Å². The van der Waals surface area contributed by atoms with Crippen LogP contribution in [0.15, 0.2) is 76.6 Å². The Morgan fingerprint density at radius 1 is 1.07 bits per heavy atom. The first kappa shape index (κ1) is 19.3. The first-order chi connectivity index (χ1) is 13.9. The number of hydrogen-bond donors (Lipinski definition) is 1. The molecule has 29 heavy (non-hydrogen) atoms. The topological polar surface area (TPSA) is 70.7 Å². The maximum Gasteiger partial charge on any atom is 0.294 e. The lowest BCUT2D eigenvalue weighted by atomic mass is 9.94. The lowest BCUT2D eigenvalue weighted by molar-refractivity contribution is -0.117. The molecule has 2 heterocycles. The second-order valence-electron chi connectivity index (χ2n) is 6.66. The average molecular weight is 428 g/mol. The number of hydrogen-bond acceptors (Lipinski definition) is 4. The third-order valence-corrected chi connectivity index (χ3v) is 5.48. The zero-order valence-corrected chi connectivity index (χ0v) is 16.7. The van der Waals surface area contributed by atoms with Gasteiger partial charge in [-0.1, -0.05) is 53.0 Å². The Morgan fingerprint density at radius 2 is 1.86 bits per heavy atom. The molecule has 1 aromatic heterocycles. The maximum atomic E-state index is 13.1. The highest BCUT2D eigenvalue weighted by atomic mass is 35.5. The highest BCUT2D eigenvalue weighted by molar-refractivity contribution is 6.42. The number of ketones is 1. The van der Waals surface area contributed by atoms with Crippen molar-refractivity contribution >= 4 is 40.6 Å². The quantitative estimate of drug-likeness (QED) is 0.543. The number of aliphatic hydroxyl groups excluding tert-OH is 1. The van der Waals surface area contributed by atoms with Crippen molar-refractivity contribution in [1.29, 1.82) is 0 Å². The van der Waals surface area contributed by atoms with Crippen molar-refractivity contribution in [3.8, 4) is 0 Å². The Bertz CT molecular complexity index is 1150. The molecule has 0 aliphatic carbocycles. The lowest BCUT2D eigenvalue weighted by Crippen LogP contribution is -2.31. The largest absolute Gasteiger partial charge is 0.503 e. The van der Waals surface area contributed by atoms with Gasteiger partial charge in [0, 0.05) is 5.69 Å². The van der Waals surface area contributed by atoms with Gasteiger partial charge in [-0.05, 0) is 42.8 Å². The molecule has 4 rings (SSSR count). The summed E-state index contributed by atoms with van der Waals surface area (Å²) in [4.78, 5) is 27.4. The Labute approximate surface area is 176 Å². The van der Waals surface area contributed by atoms with E-state index in [0.29, 0.717) is 16.3 Å². The van der Waals surface area contributed by atoms with Crippen LogP contribution in [0.3, 0.4) is 0 Å². The smallest absolute Gasteiger partial charge is 0.294 e. The van der Waals surface area contributed by atoms with E-state index in [-0.39, 0.29) is 16.4 Å². The van der Waals surface area contributed by atoms with E-state index in [1.165, 1.54) is 23.3 Å². The Morgan fingerprint density at radius 3 is 2.52 bits per heavy atom. The Balaban J connectivity index is 1.91. The van der Waals surface area contributed by atoms with E-state index in [9.17, 15) is 14.7 Å². The van der Waals surface area contributed by atoms with E-state index in [2.05, 4.69) is 0 Å². The van der Waals surface area contributed by atoms with Crippen LogP contribution in [-0.2, 0) is 4.79 Å². The van der Waals surface area contributed by atoms with Crippen molar-refractivity contribution in [2.75, 3.05) is 4.90 Å². The van der Waals surface area contributed by atoms with Gasteiger partial charge in [-0.25, -0.2) is 0 Å². The molecular formula is C22H15Cl2NO4. The van der Waals surface area contributed by atoms with E-state index in [0.717, 1.165) is 5.56 Å². The van der Waals surface area contributed by atoms with Crippen molar-refractivity contribution in [1.82, 2.24) is 0 Å². The van der Waals surface area contributed by atoms with Crippen LogP contribution < -0.4 is 4.90 Å². The fourth-order valence-corrected chi connectivity index (χ4v) is 3.73. The molecule has 0 fully saturated rings. The van der Waals surface area contributed by atoms with Gasteiger partial charge in [0.05, 0.1) is 27.9 Å². The highest BCUT2D eigenvalue weighted by Crippen LogP contribution is 2.43. The summed E-state index contributed by atoms with van der Waals surface area (Å²) >= 11 is 12.2. The average Bonchev–Trinajstić information content (AvgIpc) is 3.32. The third kappa shape index (κ3) is 3.33. The molecule has 146 valence electrons. The molecule has 1 N–H and O–H groups in total. The predicted molar refractivity (Wildman–Crippen MR) is 111 cm³/mol. The SMILES string of the molecule is Cc1cccc(C2C(C(=O)c3ccco3)=C(O)C(=O)N2c2ccc(Cl)c(Cl)c2)c1. The standard InChI is InChI=1S/C22H15Cl2NO4/c1-12-4-2-5-13(10-12)19-18(20(26)17-6-3-9-29-17)21(27)22(28)25(19)14-7-8-15(23)16(24)11-14/h2-11,19,27H,1H3. The zero-order valence-electron chi connectivity index (χ0n) is 15.2. The molecule has 3 aromatic rings. The fraction of sp³-hybridized carbons (Fsp3) is 0.0909. The van der Waals surface area contributed by atoms with Crippen molar-refractivity contribution in [2.24, 2.45) is 0 Å². The fourth-order valence-electron chi connectivity index (χ4n) is 3.43. The van der Waals surface area contributed by atoms with Crippen LogP contribution in [0, 0.1) is 6.92 Å². The molecule has 2 aromatic carbocycles. The molecule has 1 aliphatic heterocycles. The molecule has 0 spiro atoms. The lowest BCUT2D eigenvalue weighted by Gasteiger charge is -2.27. The normalized spacial score (nSPS) is 16.6. The number of halogens is 2. The van der Waals surface area contributed by atoms with Gasteiger partial charge in [-0.3, -0.25) is 14.5 Å². The van der Waals surface area contributed by atoms with E-state index in [1.807, 2.05) is 25.1 Å². The molecule has 0 saturated heterocycles. The minimum Gasteiger partial charge on any atom is -0.503 e. The molecular weight excluding hydrogens is 413 g/mol. The first-order valence-electron chi connectivity index (χ1n) is 8.75. The molecule has 7 heteroatoms. The summed E-state index contributed by atoms with van der Waals surface area (Å²) in [5.41, 5.74) is 1.97. The number of nitrogens with zero attached hydrogens (tertiary/aromatic N) is 1. The number of aliphatic hydroxyl groups is 1. The number of benzene rings is 2. The molecule has 1 unspecified atom stereocenters.